The van der Waals surface area contributed by atoms with E-state index in [1.807, 2.05) is 0 Å². The van der Waals surface area contributed by atoms with Gasteiger partial charge in [0.2, 0.25) is 6.10 Å². The van der Waals surface area contributed by atoms with Gasteiger partial charge in [-0.15, -0.1) is 0 Å². The molecular weight excluding hydrogens is 206 g/mol. The maximum atomic E-state index is 11.6. The second kappa shape index (κ2) is 4.14. The highest BCUT2D eigenvalue weighted by molar-refractivity contribution is 4.75. The number of hydrogen-bond acceptors (Lipinski definition) is 2. The van der Waals surface area contributed by atoms with Crippen LogP contribution in [0.2, 0.25) is 0 Å². The van der Waals surface area contributed by atoms with Crippen LogP contribution < -0.4 is 0 Å². The monoisotopic (exact) mass is 212 g/mol. The average molecular weight is 212 g/mol. The summed E-state index contributed by atoms with van der Waals surface area (Å²) in [6, 6.07) is 0. The molecular formula is C5H6F6O2. The van der Waals surface area contributed by atoms with Crippen LogP contribution in [0.15, 0.2) is 0 Å². The topological polar surface area (TPSA) is 29.5 Å². The molecule has 0 aromatic rings. The van der Waals surface area contributed by atoms with Crippen LogP contribution in [0.1, 0.15) is 0 Å². The first-order valence-electron chi connectivity index (χ1n) is 3.05. The van der Waals surface area contributed by atoms with Crippen molar-refractivity contribution < 1.29 is 36.2 Å². The van der Waals surface area contributed by atoms with Crippen molar-refractivity contribution in [3.8, 4) is 0 Å². The second-order valence-electron chi connectivity index (χ2n) is 2.06. The summed E-state index contributed by atoms with van der Waals surface area (Å²) in [5.74, 6) is 0. The summed E-state index contributed by atoms with van der Waals surface area (Å²) in [7, 11) is 0. The number of ether oxygens (including phenoxy) is 1. The molecule has 0 radical (unpaired) electrons. The van der Waals surface area contributed by atoms with E-state index in [-0.39, 0.29) is 0 Å². The number of alkyl halides is 6. The minimum Gasteiger partial charge on any atom is -0.394 e. The van der Waals surface area contributed by atoms with Crippen LogP contribution in [-0.2, 0) is 4.74 Å². The van der Waals surface area contributed by atoms with E-state index in [0.29, 0.717) is 0 Å². The average Bonchev–Trinajstić information content (AvgIpc) is 1.81. The third-order valence-corrected chi connectivity index (χ3v) is 0.970. The van der Waals surface area contributed by atoms with E-state index in [2.05, 4.69) is 4.74 Å². The van der Waals surface area contributed by atoms with Gasteiger partial charge in [-0.2, -0.15) is 26.3 Å². The van der Waals surface area contributed by atoms with Gasteiger partial charge in [0.25, 0.3) is 0 Å². The zero-order valence-electron chi connectivity index (χ0n) is 6.11. The maximum absolute atomic E-state index is 11.6. The molecule has 0 saturated heterocycles. The Labute approximate surface area is 69.1 Å². The van der Waals surface area contributed by atoms with Gasteiger partial charge in [0.05, 0.1) is 13.2 Å². The molecule has 0 aliphatic carbocycles. The molecule has 0 spiro atoms. The van der Waals surface area contributed by atoms with Crippen molar-refractivity contribution in [2.75, 3.05) is 13.2 Å². The smallest absolute Gasteiger partial charge is 0.394 e. The molecule has 0 heterocycles. The fourth-order valence-corrected chi connectivity index (χ4v) is 0.545. The molecule has 2 nitrogen and oxygen atoms in total. The van der Waals surface area contributed by atoms with Gasteiger partial charge in [0, 0.05) is 0 Å². The van der Waals surface area contributed by atoms with Gasteiger partial charge in [-0.25, -0.2) is 0 Å². The predicted molar refractivity (Wildman–Crippen MR) is 28.9 cm³/mol. The fraction of sp³-hybridized carbons (Fsp3) is 1.00. The minimum absolute atomic E-state index is 0.900. The van der Waals surface area contributed by atoms with Crippen LogP contribution in [0.25, 0.3) is 0 Å². The first kappa shape index (κ1) is 12.5. The number of aliphatic hydroxyl groups excluding tert-OH is 1. The Morgan fingerprint density at radius 2 is 1.38 bits per heavy atom. The van der Waals surface area contributed by atoms with Crippen LogP contribution in [0.5, 0.6) is 0 Å². The van der Waals surface area contributed by atoms with Crippen LogP contribution in [0.3, 0.4) is 0 Å². The van der Waals surface area contributed by atoms with Gasteiger partial charge in [-0.3, -0.25) is 0 Å². The van der Waals surface area contributed by atoms with Gasteiger partial charge in [-0.05, 0) is 0 Å². The highest BCUT2D eigenvalue weighted by atomic mass is 19.4. The van der Waals surface area contributed by atoms with Crippen molar-refractivity contribution in [2.45, 2.75) is 18.5 Å². The van der Waals surface area contributed by atoms with Crippen LogP contribution in [0, 0.1) is 0 Å². The number of aliphatic hydroxyl groups is 1. The third-order valence-electron chi connectivity index (χ3n) is 0.970. The quantitative estimate of drug-likeness (QED) is 0.718. The van der Waals surface area contributed by atoms with E-state index >= 15 is 0 Å². The zero-order chi connectivity index (χ0) is 10.7. The lowest BCUT2D eigenvalue weighted by molar-refractivity contribution is -0.322. The molecule has 0 atom stereocenters. The minimum atomic E-state index is -5.51. The van der Waals surface area contributed by atoms with Crippen molar-refractivity contribution in [3.63, 3.8) is 0 Å². The molecule has 0 aromatic carbocycles. The molecule has 13 heavy (non-hydrogen) atoms. The van der Waals surface area contributed by atoms with Crippen molar-refractivity contribution >= 4 is 0 Å². The summed E-state index contributed by atoms with van der Waals surface area (Å²) in [5, 5.41) is 7.99. The molecule has 0 bridgehead atoms. The molecule has 0 aliphatic rings. The largest absolute Gasteiger partial charge is 0.423 e. The van der Waals surface area contributed by atoms with E-state index in [9.17, 15) is 26.3 Å². The van der Waals surface area contributed by atoms with Gasteiger partial charge in [0.15, 0.2) is 0 Å². The first-order valence-corrected chi connectivity index (χ1v) is 3.05. The standard InChI is InChI=1S/C5H6F6O2/c6-4(7,8)3(5(9,10)11)13-2-1-12/h3,12H,1-2H2. The third kappa shape index (κ3) is 4.32. The van der Waals surface area contributed by atoms with Crippen molar-refractivity contribution in [3.05, 3.63) is 0 Å². The van der Waals surface area contributed by atoms with Crippen molar-refractivity contribution in [2.24, 2.45) is 0 Å². The Morgan fingerprint density at radius 3 is 1.62 bits per heavy atom. The number of hydrogen-bond donors (Lipinski definition) is 1. The molecule has 0 rings (SSSR count). The van der Waals surface area contributed by atoms with E-state index < -0.39 is 31.7 Å². The van der Waals surface area contributed by atoms with E-state index in [0.717, 1.165) is 0 Å². The lowest BCUT2D eigenvalue weighted by Crippen LogP contribution is -2.44. The Balaban J connectivity index is 4.39. The van der Waals surface area contributed by atoms with Gasteiger partial charge in [-0.1, -0.05) is 0 Å². The summed E-state index contributed by atoms with van der Waals surface area (Å²) < 4.78 is 73.1. The van der Waals surface area contributed by atoms with Crippen LogP contribution >= 0.6 is 0 Å². The van der Waals surface area contributed by atoms with E-state index in [1.165, 1.54) is 0 Å². The summed E-state index contributed by atoms with van der Waals surface area (Å²) in [5.41, 5.74) is 0. The molecule has 1 N–H and O–H groups in total. The van der Waals surface area contributed by atoms with Crippen LogP contribution in [0.4, 0.5) is 26.3 Å². The lowest BCUT2D eigenvalue weighted by Gasteiger charge is -2.22. The number of halogens is 6. The molecule has 80 valence electrons. The second-order valence-corrected chi connectivity index (χ2v) is 2.06. The Morgan fingerprint density at radius 1 is 1.00 bits per heavy atom. The van der Waals surface area contributed by atoms with Crippen LogP contribution in [-0.4, -0.2) is 36.8 Å². The van der Waals surface area contributed by atoms with E-state index in [1.54, 1.807) is 0 Å². The normalized spacial score (nSPS) is 13.8. The molecule has 0 saturated carbocycles. The molecule has 0 fully saturated rings. The molecule has 8 heteroatoms. The molecule has 0 aliphatic heterocycles. The highest BCUT2D eigenvalue weighted by Gasteiger charge is 2.57. The summed E-state index contributed by atoms with van der Waals surface area (Å²) >= 11 is 0. The lowest BCUT2D eigenvalue weighted by atomic mass is 10.3. The Bertz CT molecular complexity index is 136. The fourth-order valence-electron chi connectivity index (χ4n) is 0.545. The molecule has 0 amide bonds. The molecule has 0 aromatic heterocycles. The summed E-state index contributed by atoms with van der Waals surface area (Å²) in [6.45, 7) is -1.91. The Kier molecular flexibility index (Phi) is 3.98. The van der Waals surface area contributed by atoms with Gasteiger partial charge >= 0.3 is 12.4 Å². The maximum Gasteiger partial charge on any atom is 0.423 e. The van der Waals surface area contributed by atoms with Crippen molar-refractivity contribution in [1.29, 1.82) is 0 Å². The zero-order valence-corrected chi connectivity index (χ0v) is 6.11. The first-order chi connectivity index (χ1) is 5.69. The van der Waals surface area contributed by atoms with Crippen molar-refractivity contribution in [1.82, 2.24) is 0 Å². The van der Waals surface area contributed by atoms with Gasteiger partial charge < -0.3 is 9.84 Å². The predicted octanol–water partition coefficient (Wildman–Crippen LogP) is 1.49. The van der Waals surface area contributed by atoms with Gasteiger partial charge in [0.1, 0.15) is 0 Å². The highest BCUT2D eigenvalue weighted by Crippen LogP contribution is 2.35. The molecule has 0 unspecified atom stereocenters. The van der Waals surface area contributed by atoms with E-state index in [4.69, 9.17) is 5.11 Å². The summed E-state index contributed by atoms with van der Waals surface area (Å²) in [4.78, 5) is 0. The summed E-state index contributed by atoms with van der Waals surface area (Å²) in [6.07, 6.45) is -14.8. The Hall–Kier alpha value is -0.500. The SMILES string of the molecule is OCCOC(C(F)(F)F)C(F)(F)F. The number of rotatable bonds is 3.